The molecular formula is C14H24O8Si. The molecule has 0 aliphatic heterocycles. The summed E-state index contributed by atoms with van der Waals surface area (Å²) in [6, 6.07) is 2.04. The quantitative estimate of drug-likeness (QED) is 0.480. The maximum Gasteiger partial charge on any atom is 0.307 e. The van der Waals surface area contributed by atoms with Gasteiger partial charge in [0, 0.05) is 0 Å². The highest BCUT2D eigenvalue weighted by atomic mass is 28.4. The Morgan fingerprint density at radius 1 is 0.826 bits per heavy atom. The average molecular weight is 348 g/mol. The lowest BCUT2D eigenvalue weighted by atomic mass is 9.87. The molecule has 0 radical (unpaired) electrons. The summed E-state index contributed by atoms with van der Waals surface area (Å²) in [5.74, 6) is -8.60. The topological polar surface area (TPSA) is 138 Å². The van der Waals surface area contributed by atoms with Crippen LogP contribution in [0.2, 0.25) is 18.1 Å². The van der Waals surface area contributed by atoms with Gasteiger partial charge >= 0.3 is 17.9 Å². The summed E-state index contributed by atoms with van der Waals surface area (Å²) in [5, 5.41) is 27.0. The van der Waals surface area contributed by atoms with Crippen LogP contribution in [0.3, 0.4) is 0 Å². The number of rotatable bonds is 11. The van der Waals surface area contributed by atoms with Gasteiger partial charge in [0.2, 0.25) is 0 Å². The molecule has 0 heterocycles. The van der Waals surface area contributed by atoms with Crippen molar-refractivity contribution in [3.63, 3.8) is 0 Å². The Kier molecular flexibility index (Phi) is 8.52. The number of carboxylic acid groups (broad SMARTS) is 3. The molecule has 0 unspecified atom stereocenters. The molecule has 0 aliphatic carbocycles. The van der Waals surface area contributed by atoms with Gasteiger partial charge in [0.1, 0.15) is 0 Å². The zero-order valence-electron chi connectivity index (χ0n) is 13.6. The Bertz CT molecular complexity index is 449. The van der Waals surface area contributed by atoms with E-state index < -0.39 is 56.9 Å². The van der Waals surface area contributed by atoms with Crippen molar-refractivity contribution in [2.45, 2.75) is 51.7 Å². The van der Waals surface area contributed by atoms with Crippen LogP contribution in [0, 0.1) is 11.8 Å². The number of carbonyl (C=O) groups is 4. The third-order valence-corrected chi connectivity index (χ3v) is 8.69. The van der Waals surface area contributed by atoms with Gasteiger partial charge in [-0.25, -0.2) is 0 Å². The van der Waals surface area contributed by atoms with Crippen molar-refractivity contribution in [3.05, 3.63) is 0 Å². The fourth-order valence-corrected chi connectivity index (χ4v) is 4.92. The molecule has 0 saturated carbocycles. The van der Waals surface area contributed by atoms with Crippen molar-refractivity contribution in [1.29, 1.82) is 0 Å². The first-order valence-corrected chi connectivity index (χ1v) is 10.0. The molecule has 0 bridgehead atoms. The summed E-state index contributed by atoms with van der Waals surface area (Å²) >= 11 is 0. The SMILES string of the molecule is CC[Si](CC)(CC)OC(=O)C[C@@H](C(=O)O)[C@H](CC(=O)O)C(=O)O. The predicted octanol–water partition coefficient (Wildman–Crippen LogP) is 1.80. The lowest BCUT2D eigenvalue weighted by Gasteiger charge is -2.28. The van der Waals surface area contributed by atoms with Crippen LogP contribution < -0.4 is 0 Å². The minimum Gasteiger partial charge on any atom is -0.519 e. The first kappa shape index (κ1) is 21.1. The first-order chi connectivity index (χ1) is 10.6. The van der Waals surface area contributed by atoms with Crippen molar-refractivity contribution < 1.29 is 38.9 Å². The second-order valence-corrected chi connectivity index (χ2v) is 10.1. The van der Waals surface area contributed by atoms with E-state index in [1.54, 1.807) is 0 Å². The number of carbonyl (C=O) groups excluding carboxylic acids is 1. The summed E-state index contributed by atoms with van der Waals surface area (Å²) < 4.78 is 5.50. The monoisotopic (exact) mass is 348 g/mol. The maximum atomic E-state index is 12.1. The highest BCUT2D eigenvalue weighted by molar-refractivity contribution is 6.74. The molecule has 23 heavy (non-hydrogen) atoms. The molecule has 132 valence electrons. The standard InChI is InChI=1S/C14H24O8Si/c1-4-23(5-2,6-3)22-12(17)8-10(14(20)21)9(13(18)19)7-11(15)16/h9-10H,4-8H2,1-3H3,(H,15,16)(H,18,19)(H,20,21)/t9-,10+/m0/s1. The molecule has 8 nitrogen and oxygen atoms in total. The second kappa shape index (κ2) is 9.28. The predicted molar refractivity (Wildman–Crippen MR) is 82.4 cm³/mol. The van der Waals surface area contributed by atoms with Gasteiger partial charge in [0.05, 0.1) is 24.7 Å². The van der Waals surface area contributed by atoms with Crippen LogP contribution in [-0.2, 0) is 23.6 Å². The van der Waals surface area contributed by atoms with Crippen LogP contribution in [0.15, 0.2) is 0 Å². The third-order valence-electron chi connectivity index (χ3n) is 4.16. The maximum absolute atomic E-state index is 12.1. The van der Waals surface area contributed by atoms with Gasteiger partial charge in [0.25, 0.3) is 14.3 Å². The van der Waals surface area contributed by atoms with Gasteiger partial charge in [-0.3, -0.25) is 19.2 Å². The fraction of sp³-hybridized carbons (Fsp3) is 0.714. The van der Waals surface area contributed by atoms with E-state index >= 15 is 0 Å². The molecule has 0 aromatic heterocycles. The van der Waals surface area contributed by atoms with E-state index in [1.165, 1.54) is 0 Å². The first-order valence-electron chi connectivity index (χ1n) is 7.51. The highest BCUT2D eigenvalue weighted by Gasteiger charge is 2.39. The molecule has 0 aromatic rings. The second-order valence-electron chi connectivity index (χ2n) is 5.41. The van der Waals surface area contributed by atoms with Gasteiger partial charge in [-0.1, -0.05) is 20.8 Å². The molecule has 2 atom stereocenters. The van der Waals surface area contributed by atoms with Crippen LogP contribution in [0.25, 0.3) is 0 Å². The minimum absolute atomic E-state index is 0.645. The van der Waals surface area contributed by atoms with Gasteiger partial charge < -0.3 is 19.7 Å². The van der Waals surface area contributed by atoms with Gasteiger partial charge in [-0.05, 0) is 18.1 Å². The van der Waals surface area contributed by atoms with Crippen LogP contribution in [-0.4, -0.2) is 47.5 Å². The summed E-state index contributed by atoms with van der Waals surface area (Å²) in [4.78, 5) is 45.2. The van der Waals surface area contributed by atoms with Crippen molar-refractivity contribution in [1.82, 2.24) is 0 Å². The van der Waals surface area contributed by atoms with Crippen molar-refractivity contribution >= 4 is 32.2 Å². The Morgan fingerprint density at radius 3 is 1.52 bits per heavy atom. The molecular weight excluding hydrogens is 324 g/mol. The van der Waals surface area contributed by atoms with E-state index in [4.69, 9.17) is 14.6 Å². The fourth-order valence-electron chi connectivity index (χ4n) is 2.42. The van der Waals surface area contributed by atoms with Crippen molar-refractivity contribution in [2.75, 3.05) is 0 Å². The van der Waals surface area contributed by atoms with E-state index in [9.17, 15) is 24.3 Å². The number of hydrogen-bond acceptors (Lipinski definition) is 5. The molecule has 0 rings (SSSR count). The van der Waals surface area contributed by atoms with Gasteiger partial charge in [-0.2, -0.15) is 0 Å². The summed E-state index contributed by atoms with van der Waals surface area (Å²) in [6.45, 7) is 5.68. The third kappa shape index (κ3) is 6.39. The van der Waals surface area contributed by atoms with Crippen LogP contribution in [0.1, 0.15) is 33.6 Å². The lowest BCUT2D eigenvalue weighted by molar-refractivity contribution is -0.159. The van der Waals surface area contributed by atoms with E-state index in [2.05, 4.69) is 0 Å². The molecule has 0 fully saturated rings. The minimum atomic E-state index is -2.28. The van der Waals surface area contributed by atoms with E-state index in [1.807, 2.05) is 20.8 Å². The summed E-state index contributed by atoms with van der Waals surface area (Å²) in [6.07, 6.45) is -1.51. The smallest absolute Gasteiger partial charge is 0.307 e. The summed E-state index contributed by atoms with van der Waals surface area (Å²) in [5.41, 5.74) is 0. The Morgan fingerprint density at radius 2 is 1.22 bits per heavy atom. The van der Waals surface area contributed by atoms with Crippen molar-refractivity contribution in [2.24, 2.45) is 11.8 Å². The largest absolute Gasteiger partial charge is 0.519 e. The zero-order chi connectivity index (χ0) is 18.2. The van der Waals surface area contributed by atoms with Gasteiger partial charge in [-0.15, -0.1) is 0 Å². The van der Waals surface area contributed by atoms with Crippen LogP contribution in [0.5, 0.6) is 0 Å². The zero-order valence-corrected chi connectivity index (χ0v) is 14.6. The van der Waals surface area contributed by atoms with Crippen LogP contribution >= 0.6 is 0 Å². The van der Waals surface area contributed by atoms with E-state index in [0.29, 0.717) is 18.1 Å². The van der Waals surface area contributed by atoms with Crippen LogP contribution in [0.4, 0.5) is 0 Å². The molecule has 3 N–H and O–H groups in total. The Hall–Kier alpha value is -1.90. The molecule has 9 heteroatoms. The number of hydrogen-bond donors (Lipinski definition) is 3. The highest BCUT2D eigenvalue weighted by Crippen LogP contribution is 2.26. The normalized spacial score (nSPS) is 13.9. The molecule has 0 amide bonds. The Labute approximate surface area is 135 Å². The molecule has 0 saturated heterocycles. The average Bonchev–Trinajstić information content (AvgIpc) is 2.47. The molecule has 0 aromatic carbocycles. The van der Waals surface area contributed by atoms with Gasteiger partial charge in [0.15, 0.2) is 0 Å². The van der Waals surface area contributed by atoms with E-state index in [-0.39, 0.29) is 0 Å². The lowest BCUT2D eigenvalue weighted by Crippen LogP contribution is -2.40. The molecule has 0 spiro atoms. The van der Waals surface area contributed by atoms with Crippen molar-refractivity contribution in [3.8, 4) is 0 Å². The number of carboxylic acids is 3. The Balaban J connectivity index is 5.20. The molecule has 0 aliphatic rings. The number of aliphatic carboxylic acids is 3. The summed E-state index contributed by atoms with van der Waals surface area (Å²) in [7, 11) is -2.28. The van der Waals surface area contributed by atoms with E-state index in [0.717, 1.165) is 0 Å².